The minimum absolute atomic E-state index is 0.462. The molecule has 5 nitrogen and oxygen atoms in total. The lowest BCUT2D eigenvalue weighted by molar-refractivity contribution is 0.0343. The lowest BCUT2D eigenvalue weighted by Gasteiger charge is -2.42. The van der Waals surface area contributed by atoms with E-state index in [-0.39, 0.29) is 0 Å². The van der Waals surface area contributed by atoms with Gasteiger partial charge in [0.05, 0.1) is 18.0 Å². The smallest absolute Gasteiger partial charge is 0.0597 e. The maximum absolute atomic E-state index is 5.60. The van der Waals surface area contributed by atoms with Gasteiger partial charge in [0.2, 0.25) is 0 Å². The average molecular weight is 349 g/mol. The van der Waals surface area contributed by atoms with E-state index in [0.29, 0.717) is 11.3 Å². The summed E-state index contributed by atoms with van der Waals surface area (Å²) in [5, 5.41) is 4.49. The van der Waals surface area contributed by atoms with Crippen LogP contribution in [0.1, 0.15) is 38.1 Å². The molecule has 3 rings (SSSR count). The highest BCUT2D eigenvalue weighted by Crippen LogP contribution is 2.45. The van der Waals surface area contributed by atoms with Crippen LogP contribution in [-0.4, -0.2) is 66.0 Å². The second kappa shape index (κ2) is 7.77. The minimum atomic E-state index is 0.462. The summed E-state index contributed by atoms with van der Waals surface area (Å²) in [6.45, 7) is 14.8. The zero-order valence-corrected chi connectivity index (χ0v) is 16.8. The predicted molar refractivity (Wildman–Crippen MR) is 102 cm³/mol. The second-order valence-electron chi connectivity index (χ2n) is 8.78. The van der Waals surface area contributed by atoms with Gasteiger partial charge in [-0.15, -0.1) is 0 Å². The zero-order valence-electron chi connectivity index (χ0n) is 16.8. The molecule has 142 valence electrons. The number of nitrogens with zero attached hydrogens (tertiary/aromatic N) is 4. The number of hydrogen-bond donors (Lipinski definition) is 0. The molecule has 2 aliphatic rings. The molecular formula is C20H36N4O. The number of aryl methyl sites for hydroxylation is 2. The van der Waals surface area contributed by atoms with Crippen LogP contribution in [0.4, 0.5) is 0 Å². The third-order valence-electron chi connectivity index (χ3n) is 6.21. The van der Waals surface area contributed by atoms with Crippen molar-refractivity contribution in [3.05, 3.63) is 17.5 Å². The third kappa shape index (κ3) is 4.26. The van der Waals surface area contributed by atoms with E-state index in [1.807, 2.05) is 11.8 Å². The first-order valence-corrected chi connectivity index (χ1v) is 9.85. The molecule has 3 heterocycles. The van der Waals surface area contributed by atoms with E-state index in [1.54, 1.807) is 0 Å². The molecule has 0 aromatic carbocycles. The van der Waals surface area contributed by atoms with Gasteiger partial charge >= 0.3 is 0 Å². The highest BCUT2D eigenvalue weighted by molar-refractivity contribution is 5.09. The van der Waals surface area contributed by atoms with Gasteiger partial charge < -0.3 is 9.64 Å². The maximum Gasteiger partial charge on any atom is 0.0597 e. The SMILES string of the molecule is COC[C@H]1CN(CC(C)C)CC12CCN(Cc1cc(C)nn1C)CC2. The normalized spacial score (nSPS) is 24.6. The number of rotatable bonds is 6. The van der Waals surface area contributed by atoms with Gasteiger partial charge in [-0.05, 0) is 50.3 Å². The van der Waals surface area contributed by atoms with Crippen LogP contribution in [0.15, 0.2) is 6.07 Å². The van der Waals surface area contributed by atoms with Gasteiger partial charge in [-0.25, -0.2) is 0 Å². The van der Waals surface area contributed by atoms with Crippen LogP contribution in [0, 0.1) is 24.2 Å². The van der Waals surface area contributed by atoms with Crippen LogP contribution in [0.2, 0.25) is 0 Å². The van der Waals surface area contributed by atoms with Crippen molar-refractivity contribution in [1.29, 1.82) is 0 Å². The van der Waals surface area contributed by atoms with Crippen molar-refractivity contribution in [2.75, 3.05) is 46.4 Å². The van der Waals surface area contributed by atoms with Crippen molar-refractivity contribution in [1.82, 2.24) is 19.6 Å². The van der Waals surface area contributed by atoms with Crippen LogP contribution < -0.4 is 0 Å². The van der Waals surface area contributed by atoms with Gasteiger partial charge in [0.15, 0.2) is 0 Å². The van der Waals surface area contributed by atoms with Crippen LogP contribution in [0.5, 0.6) is 0 Å². The first-order chi connectivity index (χ1) is 11.9. The average Bonchev–Trinajstić information content (AvgIpc) is 3.02. The fraction of sp³-hybridized carbons (Fsp3) is 0.850. The largest absolute Gasteiger partial charge is 0.384 e. The van der Waals surface area contributed by atoms with Gasteiger partial charge in [-0.3, -0.25) is 9.58 Å². The fourth-order valence-electron chi connectivity index (χ4n) is 4.99. The van der Waals surface area contributed by atoms with E-state index < -0.39 is 0 Å². The Morgan fingerprint density at radius 3 is 2.56 bits per heavy atom. The van der Waals surface area contributed by atoms with Crippen molar-refractivity contribution in [3.63, 3.8) is 0 Å². The van der Waals surface area contributed by atoms with Gasteiger partial charge in [0.1, 0.15) is 0 Å². The summed E-state index contributed by atoms with van der Waals surface area (Å²) in [5.74, 6) is 1.43. The molecule has 0 unspecified atom stereocenters. The number of ether oxygens (including phenoxy) is 1. The van der Waals surface area contributed by atoms with E-state index in [0.717, 1.165) is 24.8 Å². The number of hydrogen-bond acceptors (Lipinski definition) is 4. The maximum atomic E-state index is 5.60. The van der Waals surface area contributed by atoms with E-state index in [4.69, 9.17) is 4.74 Å². The Balaban J connectivity index is 1.61. The molecule has 0 amide bonds. The van der Waals surface area contributed by atoms with Crippen LogP contribution >= 0.6 is 0 Å². The molecule has 0 aliphatic carbocycles. The Morgan fingerprint density at radius 1 is 1.28 bits per heavy atom. The number of methoxy groups -OCH3 is 1. The summed E-state index contributed by atoms with van der Waals surface area (Å²) in [6, 6.07) is 2.22. The topological polar surface area (TPSA) is 33.5 Å². The van der Waals surface area contributed by atoms with E-state index in [1.165, 1.54) is 51.3 Å². The van der Waals surface area contributed by atoms with Gasteiger partial charge in [-0.2, -0.15) is 5.10 Å². The molecule has 2 fully saturated rings. The van der Waals surface area contributed by atoms with Crippen molar-refractivity contribution in [3.8, 4) is 0 Å². The third-order valence-corrected chi connectivity index (χ3v) is 6.21. The Labute approximate surface area is 153 Å². The van der Waals surface area contributed by atoms with Gasteiger partial charge in [-0.1, -0.05) is 13.8 Å². The predicted octanol–water partition coefficient (Wildman–Crippen LogP) is 2.54. The van der Waals surface area contributed by atoms with Crippen LogP contribution in [0.3, 0.4) is 0 Å². The highest BCUT2D eigenvalue weighted by atomic mass is 16.5. The Morgan fingerprint density at radius 2 is 2.00 bits per heavy atom. The first kappa shape index (κ1) is 18.9. The number of piperidine rings is 1. The monoisotopic (exact) mass is 348 g/mol. The molecule has 5 heteroatoms. The standard InChI is InChI=1S/C20H36N4O/c1-16(2)11-24-12-18(14-25-5)20(15-24)6-8-23(9-7-20)13-19-10-17(3)21-22(19)4/h10,16,18H,6-9,11-15H2,1-5H3/t18-/m1/s1. The summed E-state index contributed by atoms with van der Waals surface area (Å²) < 4.78 is 7.63. The van der Waals surface area contributed by atoms with Crippen LogP contribution in [-0.2, 0) is 18.3 Å². The molecule has 25 heavy (non-hydrogen) atoms. The van der Waals surface area contributed by atoms with Crippen molar-refractivity contribution in [2.45, 2.75) is 40.2 Å². The molecule has 0 N–H and O–H groups in total. The first-order valence-electron chi connectivity index (χ1n) is 9.85. The van der Waals surface area contributed by atoms with Gasteiger partial charge in [0.25, 0.3) is 0 Å². The summed E-state index contributed by atoms with van der Waals surface area (Å²) in [7, 11) is 3.92. The quantitative estimate of drug-likeness (QED) is 0.791. The Hall–Kier alpha value is -0.910. The highest BCUT2D eigenvalue weighted by Gasteiger charge is 2.47. The van der Waals surface area contributed by atoms with Crippen molar-refractivity contribution < 1.29 is 4.74 Å². The van der Waals surface area contributed by atoms with E-state index in [2.05, 4.69) is 48.8 Å². The Bertz CT molecular complexity index is 560. The second-order valence-corrected chi connectivity index (χ2v) is 8.78. The molecule has 1 spiro atoms. The number of likely N-dealkylation sites (tertiary alicyclic amines) is 2. The molecular weight excluding hydrogens is 312 g/mol. The molecule has 2 aliphatic heterocycles. The molecule has 0 saturated carbocycles. The number of aromatic nitrogens is 2. The van der Waals surface area contributed by atoms with E-state index >= 15 is 0 Å². The molecule has 0 bridgehead atoms. The van der Waals surface area contributed by atoms with Crippen molar-refractivity contribution >= 4 is 0 Å². The summed E-state index contributed by atoms with van der Waals surface area (Å²) in [6.07, 6.45) is 2.60. The summed E-state index contributed by atoms with van der Waals surface area (Å²) >= 11 is 0. The summed E-state index contributed by atoms with van der Waals surface area (Å²) in [5.41, 5.74) is 2.91. The van der Waals surface area contributed by atoms with Gasteiger partial charge in [0, 0.05) is 46.3 Å². The zero-order chi connectivity index (χ0) is 18.0. The lowest BCUT2D eigenvalue weighted by atomic mass is 9.71. The molecule has 1 aromatic heterocycles. The minimum Gasteiger partial charge on any atom is -0.384 e. The molecule has 2 saturated heterocycles. The Kier molecular flexibility index (Phi) is 5.86. The lowest BCUT2D eigenvalue weighted by Crippen LogP contribution is -2.45. The van der Waals surface area contributed by atoms with E-state index in [9.17, 15) is 0 Å². The molecule has 0 radical (unpaired) electrons. The summed E-state index contributed by atoms with van der Waals surface area (Å²) in [4.78, 5) is 5.30. The van der Waals surface area contributed by atoms with Crippen molar-refractivity contribution in [2.24, 2.45) is 24.3 Å². The molecule has 1 atom stereocenters. The molecule has 1 aromatic rings. The fourth-order valence-corrected chi connectivity index (χ4v) is 4.99. The van der Waals surface area contributed by atoms with Crippen LogP contribution in [0.25, 0.3) is 0 Å².